The number of hydrogen-bond donors (Lipinski definition) is 1. The molecule has 1 N–H and O–H groups in total. The predicted molar refractivity (Wildman–Crippen MR) is 79.4 cm³/mol. The second kappa shape index (κ2) is 4.83. The van der Waals surface area contributed by atoms with Gasteiger partial charge in [0, 0.05) is 16.2 Å². The number of nitrogens with one attached hydrogen (secondary N) is 1. The summed E-state index contributed by atoms with van der Waals surface area (Å²) in [6.45, 7) is 0. The molecule has 0 aliphatic carbocycles. The van der Waals surface area contributed by atoms with Crippen LogP contribution in [0.5, 0.6) is 0 Å². The number of hydrogen-bond acceptors (Lipinski definition) is 0. The lowest BCUT2D eigenvalue weighted by Crippen LogP contribution is -1.81. The Morgan fingerprint density at radius 3 is 2.17 bits per heavy atom. The van der Waals surface area contributed by atoms with E-state index in [-0.39, 0.29) is 0 Å². The fourth-order valence-electron chi connectivity index (χ4n) is 2.08. The summed E-state index contributed by atoms with van der Waals surface area (Å²) in [4.78, 5) is 3.32. The Bertz CT molecular complexity index is 638. The maximum atomic E-state index is 3.46. The van der Waals surface area contributed by atoms with Crippen molar-refractivity contribution in [2.75, 3.05) is 0 Å². The summed E-state index contributed by atoms with van der Waals surface area (Å²) >= 11 is 3.46. The number of H-pyrrole nitrogens is 1. The van der Waals surface area contributed by atoms with Crippen LogP contribution in [0.2, 0.25) is 0 Å². The highest BCUT2D eigenvalue weighted by Crippen LogP contribution is 2.31. The number of aromatic nitrogens is 1. The average molecular weight is 298 g/mol. The van der Waals surface area contributed by atoms with E-state index in [1.54, 1.807) is 0 Å². The molecule has 88 valence electrons. The maximum absolute atomic E-state index is 3.46. The second-order valence-electron chi connectivity index (χ2n) is 4.14. The van der Waals surface area contributed by atoms with Crippen molar-refractivity contribution in [2.24, 2.45) is 0 Å². The van der Waals surface area contributed by atoms with E-state index in [0.717, 1.165) is 10.2 Å². The molecule has 2 heteroatoms. The number of rotatable bonds is 2. The molecule has 1 heterocycles. The van der Waals surface area contributed by atoms with Gasteiger partial charge in [-0.05, 0) is 29.3 Å². The van der Waals surface area contributed by atoms with Crippen molar-refractivity contribution in [1.82, 2.24) is 4.98 Å². The molecule has 3 aromatic rings. The lowest BCUT2D eigenvalue weighted by molar-refractivity contribution is 1.40. The molecular weight excluding hydrogens is 286 g/mol. The van der Waals surface area contributed by atoms with Crippen LogP contribution in [0.3, 0.4) is 0 Å². The van der Waals surface area contributed by atoms with E-state index in [2.05, 4.69) is 75.5 Å². The molecule has 18 heavy (non-hydrogen) atoms. The summed E-state index contributed by atoms with van der Waals surface area (Å²) in [5, 5.41) is 0. The minimum absolute atomic E-state index is 1.10. The van der Waals surface area contributed by atoms with Gasteiger partial charge in [-0.3, -0.25) is 0 Å². The van der Waals surface area contributed by atoms with Gasteiger partial charge in [0.05, 0.1) is 5.69 Å². The summed E-state index contributed by atoms with van der Waals surface area (Å²) < 4.78 is 1.10. The summed E-state index contributed by atoms with van der Waals surface area (Å²) in [6.07, 6.45) is 1.99. The molecule has 0 amide bonds. The van der Waals surface area contributed by atoms with Gasteiger partial charge >= 0.3 is 0 Å². The van der Waals surface area contributed by atoms with Crippen molar-refractivity contribution in [1.29, 1.82) is 0 Å². The molecular formula is C16H12BrN. The van der Waals surface area contributed by atoms with E-state index >= 15 is 0 Å². The van der Waals surface area contributed by atoms with Crippen molar-refractivity contribution >= 4 is 15.9 Å². The largest absolute Gasteiger partial charge is 0.361 e. The third kappa shape index (κ3) is 2.12. The molecule has 0 saturated carbocycles. The molecule has 0 unspecified atom stereocenters. The Hall–Kier alpha value is -1.80. The molecule has 0 radical (unpaired) electrons. The van der Waals surface area contributed by atoms with Crippen LogP contribution in [0.15, 0.2) is 71.3 Å². The first-order valence-electron chi connectivity index (χ1n) is 5.83. The zero-order valence-corrected chi connectivity index (χ0v) is 11.3. The van der Waals surface area contributed by atoms with Crippen LogP contribution in [-0.4, -0.2) is 4.98 Å². The highest BCUT2D eigenvalue weighted by molar-refractivity contribution is 9.10. The minimum atomic E-state index is 1.10. The van der Waals surface area contributed by atoms with Gasteiger partial charge in [-0.2, -0.15) is 0 Å². The summed E-state index contributed by atoms with van der Waals surface area (Å²) in [5.41, 5.74) is 4.82. The molecule has 3 rings (SSSR count). The van der Waals surface area contributed by atoms with Crippen molar-refractivity contribution in [3.8, 4) is 22.4 Å². The van der Waals surface area contributed by atoms with Crippen molar-refractivity contribution < 1.29 is 0 Å². The van der Waals surface area contributed by atoms with Crippen LogP contribution in [0.4, 0.5) is 0 Å². The van der Waals surface area contributed by atoms with Gasteiger partial charge < -0.3 is 4.98 Å². The van der Waals surface area contributed by atoms with E-state index in [0.29, 0.717) is 0 Å². The van der Waals surface area contributed by atoms with Crippen LogP contribution in [0.1, 0.15) is 0 Å². The van der Waals surface area contributed by atoms with Crippen LogP contribution in [0.25, 0.3) is 22.4 Å². The van der Waals surface area contributed by atoms with Crippen molar-refractivity contribution in [3.05, 3.63) is 71.3 Å². The standard InChI is InChI=1S/C16H12BrN/c17-14-8-6-13(7-9-14)16-15(10-11-18-16)12-4-2-1-3-5-12/h1-11,18H. The molecule has 1 aromatic heterocycles. The van der Waals surface area contributed by atoms with E-state index in [4.69, 9.17) is 0 Å². The van der Waals surface area contributed by atoms with Crippen LogP contribution < -0.4 is 0 Å². The van der Waals surface area contributed by atoms with E-state index in [9.17, 15) is 0 Å². The molecule has 0 saturated heterocycles. The Labute approximate surface area is 115 Å². The fourth-order valence-corrected chi connectivity index (χ4v) is 2.35. The molecule has 0 aliphatic rings. The van der Waals surface area contributed by atoms with Gasteiger partial charge in [0.25, 0.3) is 0 Å². The van der Waals surface area contributed by atoms with E-state index < -0.39 is 0 Å². The number of aromatic amines is 1. The van der Waals surface area contributed by atoms with Crippen LogP contribution in [-0.2, 0) is 0 Å². The summed E-state index contributed by atoms with van der Waals surface area (Å²) in [6, 6.07) is 20.9. The fraction of sp³-hybridized carbons (Fsp3) is 0. The monoisotopic (exact) mass is 297 g/mol. The quantitative estimate of drug-likeness (QED) is 0.676. The molecule has 0 bridgehead atoms. The van der Waals surface area contributed by atoms with Crippen LogP contribution >= 0.6 is 15.9 Å². The highest BCUT2D eigenvalue weighted by Gasteiger charge is 2.07. The van der Waals surface area contributed by atoms with E-state index in [1.165, 1.54) is 16.7 Å². The zero-order valence-electron chi connectivity index (χ0n) is 9.73. The van der Waals surface area contributed by atoms with Gasteiger partial charge in [0.15, 0.2) is 0 Å². The maximum Gasteiger partial charge on any atom is 0.0533 e. The van der Waals surface area contributed by atoms with Gasteiger partial charge in [-0.1, -0.05) is 58.4 Å². The minimum Gasteiger partial charge on any atom is -0.361 e. The summed E-state index contributed by atoms with van der Waals surface area (Å²) in [5.74, 6) is 0. The smallest absolute Gasteiger partial charge is 0.0533 e. The van der Waals surface area contributed by atoms with Gasteiger partial charge in [-0.25, -0.2) is 0 Å². The number of benzene rings is 2. The zero-order chi connectivity index (χ0) is 12.4. The second-order valence-corrected chi connectivity index (χ2v) is 5.05. The summed E-state index contributed by atoms with van der Waals surface area (Å²) in [7, 11) is 0. The average Bonchev–Trinajstić information content (AvgIpc) is 2.90. The highest BCUT2D eigenvalue weighted by atomic mass is 79.9. The Morgan fingerprint density at radius 2 is 1.44 bits per heavy atom. The van der Waals surface area contributed by atoms with Gasteiger partial charge in [-0.15, -0.1) is 0 Å². The lowest BCUT2D eigenvalue weighted by Gasteiger charge is -2.05. The van der Waals surface area contributed by atoms with Crippen molar-refractivity contribution in [2.45, 2.75) is 0 Å². The third-order valence-corrected chi connectivity index (χ3v) is 3.49. The first-order valence-corrected chi connectivity index (χ1v) is 6.62. The topological polar surface area (TPSA) is 15.8 Å². The van der Waals surface area contributed by atoms with Crippen LogP contribution in [0, 0.1) is 0 Å². The molecule has 1 nitrogen and oxygen atoms in total. The van der Waals surface area contributed by atoms with Gasteiger partial charge in [0.1, 0.15) is 0 Å². The molecule has 0 atom stereocenters. The first kappa shape index (κ1) is 11.3. The van der Waals surface area contributed by atoms with Crippen molar-refractivity contribution in [3.63, 3.8) is 0 Å². The third-order valence-electron chi connectivity index (χ3n) is 2.96. The molecule has 0 spiro atoms. The molecule has 0 fully saturated rings. The van der Waals surface area contributed by atoms with E-state index in [1.807, 2.05) is 12.3 Å². The van der Waals surface area contributed by atoms with Gasteiger partial charge in [0.2, 0.25) is 0 Å². The Morgan fingerprint density at radius 1 is 0.722 bits per heavy atom. The molecule has 2 aromatic carbocycles. The Balaban J connectivity index is 2.10. The SMILES string of the molecule is Brc1ccc(-c2[nH]ccc2-c2ccccc2)cc1. The lowest BCUT2D eigenvalue weighted by atomic mass is 10.0. The normalized spacial score (nSPS) is 10.5. The predicted octanol–water partition coefficient (Wildman–Crippen LogP) is 5.11. The number of halogens is 1. The first-order chi connectivity index (χ1) is 8.84. The molecule has 0 aliphatic heterocycles. The Kier molecular flexibility index (Phi) is 3.03.